The van der Waals surface area contributed by atoms with Crippen molar-refractivity contribution in [1.29, 1.82) is 0 Å². The third-order valence-corrected chi connectivity index (χ3v) is 3.56. The van der Waals surface area contributed by atoms with E-state index >= 15 is 0 Å². The van der Waals surface area contributed by atoms with Gasteiger partial charge in [0.1, 0.15) is 5.75 Å². The van der Waals surface area contributed by atoms with Crippen molar-refractivity contribution in [3.63, 3.8) is 0 Å². The van der Waals surface area contributed by atoms with E-state index in [0.717, 1.165) is 22.4 Å². The Hall–Kier alpha value is -3.81. The molecule has 0 saturated heterocycles. The third-order valence-electron chi connectivity index (χ3n) is 3.56. The van der Waals surface area contributed by atoms with Crippen LogP contribution >= 0.6 is 0 Å². The molecule has 0 spiro atoms. The Labute approximate surface area is 149 Å². The van der Waals surface area contributed by atoms with Crippen LogP contribution in [0, 0.1) is 10.1 Å². The van der Waals surface area contributed by atoms with Crippen molar-refractivity contribution in [2.45, 2.75) is 0 Å². The number of nitro benzene ring substituents is 1. The van der Waals surface area contributed by atoms with Crippen molar-refractivity contribution in [1.82, 2.24) is 9.97 Å². The van der Waals surface area contributed by atoms with Gasteiger partial charge >= 0.3 is 0 Å². The van der Waals surface area contributed by atoms with E-state index in [1.165, 1.54) is 12.1 Å². The summed E-state index contributed by atoms with van der Waals surface area (Å²) >= 11 is 0. The van der Waals surface area contributed by atoms with Gasteiger partial charge in [-0.15, -0.1) is 0 Å². The van der Waals surface area contributed by atoms with Gasteiger partial charge in [-0.2, -0.15) is 5.10 Å². The van der Waals surface area contributed by atoms with Crippen molar-refractivity contribution in [2.75, 3.05) is 12.5 Å². The van der Waals surface area contributed by atoms with Crippen LogP contribution in [0.4, 0.5) is 11.6 Å². The van der Waals surface area contributed by atoms with Gasteiger partial charge in [-0.05, 0) is 47.5 Å². The number of nitrogens with one attached hydrogen (secondary N) is 1. The Morgan fingerprint density at radius 2 is 1.69 bits per heavy atom. The largest absolute Gasteiger partial charge is 0.497 e. The van der Waals surface area contributed by atoms with Crippen LogP contribution in [0.1, 0.15) is 5.56 Å². The topological polar surface area (TPSA) is 103 Å². The number of rotatable bonds is 6. The van der Waals surface area contributed by atoms with Crippen molar-refractivity contribution in [2.24, 2.45) is 5.10 Å². The lowest BCUT2D eigenvalue weighted by molar-refractivity contribution is -0.384. The first-order valence-electron chi connectivity index (χ1n) is 7.66. The van der Waals surface area contributed by atoms with Gasteiger partial charge in [-0.3, -0.25) is 10.1 Å². The van der Waals surface area contributed by atoms with Gasteiger partial charge in [0, 0.05) is 30.1 Å². The minimum absolute atomic E-state index is 0.0424. The highest BCUT2D eigenvalue weighted by Gasteiger charge is 2.06. The molecule has 1 heterocycles. The molecule has 3 aromatic rings. The predicted molar refractivity (Wildman–Crippen MR) is 98.3 cm³/mol. The Balaban J connectivity index is 1.63. The zero-order chi connectivity index (χ0) is 18.4. The second-order valence-corrected chi connectivity index (χ2v) is 5.24. The highest BCUT2D eigenvalue weighted by Crippen LogP contribution is 2.21. The molecule has 0 aliphatic heterocycles. The molecule has 1 aromatic heterocycles. The zero-order valence-corrected chi connectivity index (χ0v) is 13.9. The molecule has 3 rings (SSSR count). The molecule has 0 unspecified atom stereocenters. The number of non-ortho nitro benzene ring substituents is 1. The van der Waals surface area contributed by atoms with Gasteiger partial charge in [0.15, 0.2) is 0 Å². The maximum Gasteiger partial charge on any atom is 0.269 e. The number of hydrazone groups is 1. The van der Waals surface area contributed by atoms with E-state index in [-0.39, 0.29) is 5.69 Å². The lowest BCUT2D eigenvalue weighted by Crippen LogP contribution is -1.97. The summed E-state index contributed by atoms with van der Waals surface area (Å²) in [6, 6.07) is 13.7. The Bertz CT molecular complexity index is 907. The first-order valence-corrected chi connectivity index (χ1v) is 7.66. The molecule has 0 saturated carbocycles. The number of nitro groups is 1. The fourth-order valence-corrected chi connectivity index (χ4v) is 2.16. The van der Waals surface area contributed by atoms with Gasteiger partial charge in [0.05, 0.1) is 18.2 Å². The number of aromatic nitrogens is 2. The lowest BCUT2D eigenvalue weighted by atomic mass is 10.1. The average molecular weight is 349 g/mol. The van der Waals surface area contributed by atoms with E-state index in [9.17, 15) is 10.1 Å². The second-order valence-electron chi connectivity index (χ2n) is 5.24. The van der Waals surface area contributed by atoms with Crippen molar-refractivity contribution in [3.8, 4) is 16.9 Å². The Morgan fingerprint density at radius 3 is 2.27 bits per heavy atom. The number of ether oxygens (including phenoxy) is 1. The van der Waals surface area contributed by atoms with E-state index < -0.39 is 4.92 Å². The van der Waals surface area contributed by atoms with E-state index in [4.69, 9.17) is 4.74 Å². The van der Waals surface area contributed by atoms with Crippen LogP contribution in [0.25, 0.3) is 11.1 Å². The molecule has 8 heteroatoms. The van der Waals surface area contributed by atoms with Gasteiger partial charge in [-0.25, -0.2) is 15.4 Å². The fraction of sp³-hybridized carbons (Fsp3) is 0.0556. The smallest absolute Gasteiger partial charge is 0.269 e. The molecule has 0 aliphatic carbocycles. The Morgan fingerprint density at radius 1 is 1.04 bits per heavy atom. The summed E-state index contributed by atoms with van der Waals surface area (Å²) in [6.07, 6.45) is 4.89. The van der Waals surface area contributed by atoms with E-state index in [2.05, 4.69) is 20.5 Å². The first-order chi connectivity index (χ1) is 12.7. The van der Waals surface area contributed by atoms with Crippen LogP contribution in [0.2, 0.25) is 0 Å². The van der Waals surface area contributed by atoms with Gasteiger partial charge < -0.3 is 4.74 Å². The van der Waals surface area contributed by atoms with Crippen molar-refractivity contribution >= 4 is 17.9 Å². The summed E-state index contributed by atoms with van der Waals surface area (Å²) < 4.78 is 5.10. The quantitative estimate of drug-likeness (QED) is 0.415. The molecule has 1 N–H and O–H groups in total. The highest BCUT2D eigenvalue weighted by atomic mass is 16.6. The van der Waals surface area contributed by atoms with Crippen LogP contribution in [0.3, 0.4) is 0 Å². The van der Waals surface area contributed by atoms with Gasteiger partial charge in [0.25, 0.3) is 5.69 Å². The van der Waals surface area contributed by atoms with Gasteiger partial charge in [0.2, 0.25) is 5.95 Å². The number of benzene rings is 2. The summed E-state index contributed by atoms with van der Waals surface area (Å²) in [4.78, 5) is 18.6. The molecular formula is C18H15N5O3. The molecule has 26 heavy (non-hydrogen) atoms. The molecule has 2 aromatic carbocycles. The molecule has 8 nitrogen and oxygen atoms in total. The predicted octanol–water partition coefficient (Wildman–Crippen LogP) is 3.51. The van der Waals surface area contributed by atoms with Crippen LogP contribution < -0.4 is 10.2 Å². The van der Waals surface area contributed by atoms with Crippen LogP contribution in [0.5, 0.6) is 5.75 Å². The minimum atomic E-state index is -0.436. The van der Waals surface area contributed by atoms with E-state index in [1.54, 1.807) is 37.9 Å². The summed E-state index contributed by atoms with van der Waals surface area (Å²) in [5, 5.41) is 14.8. The summed E-state index contributed by atoms with van der Waals surface area (Å²) in [5.74, 6) is 1.13. The average Bonchev–Trinajstić information content (AvgIpc) is 2.69. The normalized spacial score (nSPS) is 10.7. The zero-order valence-electron chi connectivity index (χ0n) is 13.9. The molecule has 0 fully saturated rings. The molecule has 0 aliphatic rings. The van der Waals surface area contributed by atoms with Crippen molar-refractivity contribution < 1.29 is 9.66 Å². The lowest BCUT2D eigenvalue weighted by Gasteiger charge is -2.02. The monoisotopic (exact) mass is 349 g/mol. The van der Waals surface area contributed by atoms with Crippen LogP contribution in [-0.4, -0.2) is 28.2 Å². The maximum atomic E-state index is 10.7. The Kier molecular flexibility index (Phi) is 5.14. The standard InChI is InChI=1S/C18H15N5O3/c1-26-17-8-2-13(3-9-17)10-21-22-18-19-11-15(12-20-18)14-4-6-16(7-5-14)23(24)25/h2-12H,1H3,(H,19,20,22)/b21-10-. The van der Waals surface area contributed by atoms with E-state index in [1.807, 2.05) is 24.3 Å². The number of nitrogens with zero attached hydrogens (tertiary/aromatic N) is 4. The number of methoxy groups -OCH3 is 1. The molecule has 0 atom stereocenters. The molecule has 0 radical (unpaired) electrons. The highest BCUT2D eigenvalue weighted by molar-refractivity contribution is 5.80. The minimum Gasteiger partial charge on any atom is -0.497 e. The van der Waals surface area contributed by atoms with Crippen LogP contribution in [0.15, 0.2) is 66.0 Å². The summed E-state index contributed by atoms with van der Waals surface area (Å²) in [7, 11) is 1.61. The summed E-state index contributed by atoms with van der Waals surface area (Å²) in [6.45, 7) is 0. The number of hydrogen-bond acceptors (Lipinski definition) is 7. The van der Waals surface area contributed by atoms with Crippen molar-refractivity contribution in [3.05, 3.63) is 76.6 Å². The third kappa shape index (κ3) is 4.18. The SMILES string of the molecule is COc1ccc(/C=N\Nc2ncc(-c3ccc([N+](=O)[O-])cc3)cn2)cc1. The molecular weight excluding hydrogens is 334 g/mol. The molecule has 0 bridgehead atoms. The second kappa shape index (κ2) is 7.84. The number of hydrogen-bond donors (Lipinski definition) is 1. The maximum absolute atomic E-state index is 10.7. The fourth-order valence-electron chi connectivity index (χ4n) is 2.16. The van der Waals surface area contributed by atoms with Crippen LogP contribution in [-0.2, 0) is 0 Å². The molecule has 130 valence electrons. The molecule has 0 amide bonds. The van der Waals surface area contributed by atoms with E-state index in [0.29, 0.717) is 5.95 Å². The number of anilines is 1. The summed E-state index contributed by atoms with van der Waals surface area (Å²) in [5.41, 5.74) is 5.25. The van der Waals surface area contributed by atoms with Gasteiger partial charge in [-0.1, -0.05) is 0 Å². The first kappa shape index (κ1) is 17.0.